The molecule has 0 aromatic rings. The molecule has 0 aliphatic rings. The van der Waals surface area contributed by atoms with Crippen molar-refractivity contribution >= 4 is 39.5 Å². The molecule has 0 aliphatic heterocycles. The zero-order chi connectivity index (χ0) is 74.8. The molecule has 0 saturated carbocycles. The smallest absolute Gasteiger partial charge is 0.462 e. The SMILES string of the molecule is CCCCCCCCCCCCCCCCCCCCCCC(=O)O[C@H](COC(=O)CCCCCCCCCCCCCCCCCCCCC)COP(=O)(O)OC[C@@H](O)COP(=O)(O)OC[C@@H](COC(=O)CCCCCCCCCCC)OC(=O)CCCCCCCCCCCCC(C)CC. The molecule has 19 heteroatoms. The summed E-state index contributed by atoms with van der Waals surface area (Å²) in [5.74, 6) is -1.30. The maximum absolute atomic E-state index is 13.1. The van der Waals surface area contributed by atoms with Crippen LogP contribution in [0.1, 0.15) is 446 Å². The molecule has 0 spiro atoms. The minimum atomic E-state index is -4.96. The summed E-state index contributed by atoms with van der Waals surface area (Å²) in [6.45, 7) is 7.35. The lowest BCUT2D eigenvalue weighted by molar-refractivity contribution is -0.161. The summed E-state index contributed by atoms with van der Waals surface area (Å²) in [4.78, 5) is 73.0. The van der Waals surface area contributed by atoms with E-state index < -0.39 is 97.5 Å². The fourth-order valence-electron chi connectivity index (χ4n) is 12.9. The second-order valence-corrected chi connectivity index (χ2v) is 33.0. The second kappa shape index (κ2) is 75.9. The molecule has 6 atom stereocenters. The topological polar surface area (TPSA) is 237 Å². The highest BCUT2D eigenvalue weighted by atomic mass is 31.2. The first kappa shape index (κ1) is 100. The molecule has 3 N–H and O–H groups in total. The number of esters is 4. The van der Waals surface area contributed by atoms with Gasteiger partial charge in [0.1, 0.15) is 19.3 Å². The quantitative estimate of drug-likeness (QED) is 0.0222. The number of unbranched alkanes of at least 4 members (excludes halogenated alkanes) is 54. The van der Waals surface area contributed by atoms with Gasteiger partial charge in [-0.15, -0.1) is 0 Å². The van der Waals surface area contributed by atoms with E-state index in [0.717, 1.165) is 95.8 Å². The fourth-order valence-corrected chi connectivity index (χ4v) is 14.5. The standard InChI is InChI=1S/C83H162O17P2/c1-6-10-13-16-19-22-24-26-28-30-32-34-36-38-40-42-48-53-58-63-68-82(87)99-79(73-94-81(86)67-62-57-52-47-41-39-37-35-33-31-29-27-25-23-20-17-14-11-7-2)75-98-102(91,92)96-71-77(84)70-95-101(89,90)97-74-78(72-93-80(85)66-61-56-51-45-21-18-15-12-8-3)100-83(88)69-64-59-54-49-44-43-46-50-55-60-65-76(5)9-4/h76-79,84H,6-75H2,1-5H3,(H,89,90)(H,91,92)/t76?,77-,78+,79+/m0/s1. The number of hydrogen-bond acceptors (Lipinski definition) is 15. The van der Waals surface area contributed by atoms with Crippen LogP contribution in [0.5, 0.6) is 0 Å². The summed E-state index contributed by atoms with van der Waals surface area (Å²) in [7, 11) is -9.92. The van der Waals surface area contributed by atoms with Crippen LogP contribution >= 0.6 is 15.6 Å². The van der Waals surface area contributed by atoms with Gasteiger partial charge in [-0.25, -0.2) is 9.13 Å². The van der Waals surface area contributed by atoms with Gasteiger partial charge >= 0.3 is 39.5 Å². The van der Waals surface area contributed by atoms with Gasteiger partial charge in [0.2, 0.25) is 0 Å². The predicted octanol–water partition coefficient (Wildman–Crippen LogP) is 25.2. The summed E-state index contributed by atoms with van der Waals surface area (Å²) in [6, 6.07) is 0. The average molecular weight is 1490 g/mol. The summed E-state index contributed by atoms with van der Waals surface area (Å²) >= 11 is 0. The van der Waals surface area contributed by atoms with Crippen LogP contribution in [-0.4, -0.2) is 96.7 Å². The molecule has 0 fully saturated rings. The van der Waals surface area contributed by atoms with E-state index in [0.29, 0.717) is 25.7 Å². The highest BCUT2D eigenvalue weighted by Crippen LogP contribution is 2.45. The number of aliphatic hydroxyl groups is 1. The highest BCUT2D eigenvalue weighted by Gasteiger charge is 2.30. The van der Waals surface area contributed by atoms with Crippen molar-refractivity contribution in [1.82, 2.24) is 0 Å². The molecule has 0 amide bonds. The number of carbonyl (C=O) groups excluding carboxylic acids is 4. The molecular weight excluding hydrogens is 1330 g/mol. The lowest BCUT2D eigenvalue weighted by Gasteiger charge is -2.21. The van der Waals surface area contributed by atoms with E-state index in [2.05, 4.69) is 34.6 Å². The van der Waals surface area contributed by atoms with Crippen LogP contribution in [0.2, 0.25) is 0 Å². The molecule has 0 saturated heterocycles. The fraction of sp³-hybridized carbons (Fsp3) is 0.952. The lowest BCUT2D eigenvalue weighted by Crippen LogP contribution is -2.30. The number of phosphoric acid groups is 2. The molecule has 0 aromatic heterocycles. The van der Waals surface area contributed by atoms with Gasteiger partial charge in [-0.2, -0.15) is 0 Å². The zero-order valence-electron chi connectivity index (χ0n) is 66.8. The van der Waals surface area contributed by atoms with Crippen LogP contribution in [0.25, 0.3) is 0 Å². The van der Waals surface area contributed by atoms with E-state index in [4.69, 9.17) is 37.0 Å². The number of aliphatic hydroxyl groups excluding tert-OH is 1. The lowest BCUT2D eigenvalue weighted by atomic mass is 9.99. The third-order valence-electron chi connectivity index (χ3n) is 19.9. The maximum Gasteiger partial charge on any atom is 0.472 e. The maximum atomic E-state index is 13.1. The van der Waals surface area contributed by atoms with Gasteiger partial charge in [-0.1, -0.05) is 394 Å². The minimum absolute atomic E-state index is 0.107. The van der Waals surface area contributed by atoms with E-state index in [1.807, 2.05) is 0 Å². The Morgan fingerprint density at radius 3 is 0.696 bits per heavy atom. The molecule has 0 aromatic carbocycles. The summed E-state index contributed by atoms with van der Waals surface area (Å²) in [5, 5.41) is 10.6. The minimum Gasteiger partial charge on any atom is -0.462 e. The van der Waals surface area contributed by atoms with Crippen LogP contribution in [-0.2, 0) is 65.4 Å². The number of ether oxygens (including phenoxy) is 4. The van der Waals surface area contributed by atoms with E-state index in [9.17, 15) is 43.2 Å². The highest BCUT2D eigenvalue weighted by molar-refractivity contribution is 7.47. The van der Waals surface area contributed by atoms with Crippen LogP contribution in [0.4, 0.5) is 0 Å². The Balaban J connectivity index is 5.21. The van der Waals surface area contributed by atoms with Gasteiger partial charge in [0.25, 0.3) is 0 Å². The predicted molar refractivity (Wildman–Crippen MR) is 418 cm³/mol. The third kappa shape index (κ3) is 74.9. The normalized spacial score (nSPS) is 14.1. The van der Waals surface area contributed by atoms with Crippen molar-refractivity contribution in [2.75, 3.05) is 39.6 Å². The Kier molecular flexibility index (Phi) is 74.4. The Labute approximate surface area is 626 Å². The van der Waals surface area contributed by atoms with Crippen LogP contribution < -0.4 is 0 Å². The van der Waals surface area contributed by atoms with Crippen molar-refractivity contribution in [2.45, 2.75) is 464 Å². The van der Waals surface area contributed by atoms with Crippen molar-refractivity contribution < 1.29 is 80.2 Å². The van der Waals surface area contributed by atoms with Crippen molar-refractivity contribution in [2.24, 2.45) is 5.92 Å². The van der Waals surface area contributed by atoms with Crippen molar-refractivity contribution in [1.29, 1.82) is 0 Å². The molecule has 0 rings (SSSR count). The number of carbonyl (C=O) groups is 4. The van der Waals surface area contributed by atoms with Crippen LogP contribution in [0.3, 0.4) is 0 Å². The van der Waals surface area contributed by atoms with Crippen molar-refractivity contribution in [3.8, 4) is 0 Å². The summed E-state index contributed by atoms with van der Waals surface area (Å²) < 4.78 is 68.7. The summed E-state index contributed by atoms with van der Waals surface area (Å²) in [6.07, 6.45) is 68.0. The van der Waals surface area contributed by atoms with E-state index in [-0.39, 0.29) is 25.7 Å². The van der Waals surface area contributed by atoms with Gasteiger partial charge < -0.3 is 33.8 Å². The first-order valence-electron chi connectivity index (χ1n) is 43.2. The largest absolute Gasteiger partial charge is 0.472 e. The molecule has 0 aliphatic carbocycles. The Bertz CT molecular complexity index is 1950. The molecular formula is C83H162O17P2. The summed E-state index contributed by atoms with van der Waals surface area (Å²) in [5.41, 5.74) is 0. The molecule has 102 heavy (non-hydrogen) atoms. The Morgan fingerprint density at radius 1 is 0.275 bits per heavy atom. The van der Waals surface area contributed by atoms with Gasteiger partial charge in [-0.3, -0.25) is 37.3 Å². The molecule has 0 heterocycles. The van der Waals surface area contributed by atoms with Gasteiger partial charge in [-0.05, 0) is 31.6 Å². The average Bonchev–Trinajstić information content (AvgIpc) is 0.917. The molecule has 17 nitrogen and oxygen atoms in total. The van der Waals surface area contributed by atoms with E-state index in [1.54, 1.807) is 0 Å². The third-order valence-corrected chi connectivity index (χ3v) is 21.8. The zero-order valence-corrected chi connectivity index (χ0v) is 68.5. The van der Waals surface area contributed by atoms with E-state index in [1.165, 1.54) is 270 Å². The Morgan fingerprint density at radius 2 is 0.471 bits per heavy atom. The van der Waals surface area contributed by atoms with Gasteiger partial charge in [0.05, 0.1) is 26.4 Å². The number of hydrogen-bond donors (Lipinski definition) is 3. The van der Waals surface area contributed by atoms with Crippen molar-refractivity contribution in [3.05, 3.63) is 0 Å². The Hall–Kier alpha value is -1.94. The van der Waals surface area contributed by atoms with Gasteiger partial charge in [0, 0.05) is 25.7 Å². The number of phosphoric ester groups is 2. The monoisotopic (exact) mass is 1490 g/mol. The first-order chi connectivity index (χ1) is 49.6. The molecule has 606 valence electrons. The van der Waals surface area contributed by atoms with Crippen LogP contribution in [0, 0.1) is 5.92 Å². The molecule has 3 unspecified atom stereocenters. The first-order valence-corrected chi connectivity index (χ1v) is 46.2. The molecule has 0 bridgehead atoms. The second-order valence-electron chi connectivity index (χ2n) is 30.1. The van der Waals surface area contributed by atoms with Crippen molar-refractivity contribution in [3.63, 3.8) is 0 Å². The van der Waals surface area contributed by atoms with E-state index >= 15 is 0 Å². The molecule has 0 radical (unpaired) electrons. The van der Waals surface area contributed by atoms with Gasteiger partial charge in [0.15, 0.2) is 12.2 Å². The number of rotatable bonds is 83. The van der Waals surface area contributed by atoms with Crippen LogP contribution in [0.15, 0.2) is 0 Å².